The van der Waals surface area contributed by atoms with E-state index in [-0.39, 0.29) is 0 Å². The van der Waals surface area contributed by atoms with Crippen molar-refractivity contribution in [1.29, 1.82) is 0 Å². The molecule has 17 heavy (non-hydrogen) atoms. The molecule has 1 N–H and O–H groups in total. The maximum Gasteiger partial charge on any atom is 0.149 e. The predicted molar refractivity (Wildman–Crippen MR) is 68.6 cm³/mol. The van der Waals surface area contributed by atoms with Gasteiger partial charge in [-0.2, -0.15) is 0 Å². The zero-order chi connectivity index (χ0) is 12.4. The Morgan fingerprint density at radius 2 is 2.18 bits per heavy atom. The van der Waals surface area contributed by atoms with Crippen molar-refractivity contribution in [1.82, 2.24) is 10.1 Å². The standard InChI is InChI=1S/C12H9ClN2OS/c1-7-9(8(2)16-15-7)3-4-10-12(13)11(17)5-6-14-10/h5-6H,1-2H3,(H,14,17). The van der Waals surface area contributed by atoms with Crippen molar-refractivity contribution < 1.29 is 4.52 Å². The number of hydrogen-bond acceptors (Lipinski definition) is 3. The summed E-state index contributed by atoms with van der Waals surface area (Å²) in [6, 6.07) is 1.72. The Hall–Kier alpha value is -1.57. The molecule has 0 spiro atoms. The Bertz CT molecular complexity index is 656. The van der Waals surface area contributed by atoms with Crippen LogP contribution in [0.3, 0.4) is 0 Å². The molecule has 0 atom stereocenters. The van der Waals surface area contributed by atoms with Crippen molar-refractivity contribution in [2.45, 2.75) is 13.8 Å². The van der Waals surface area contributed by atoms with Gasteiger partial charge in [0.15, 0.2) is 0 Å². The normalized spacial score (nSPS) is 9.82. The van der Waals surface area contributed by atoms with Crippen molar-refractivity contribution in [2.24, 2.45) is 0 Å². The van der Waals surface area contributed by atoms with Crippen LogP contribution in [0.4, 0.5) is 0 Å². The summed E-state index contributed by atoms with van der Waals surface area (Å²) in [5.74, 6) is 6.61. The van der Waals surface area contributed by atoms with Crippen LogP contribution >= 0.6 is 23.8 Å². The van der Waals surface area contributed by atoms with Gasteiger partial charge in [-0.05, 0) is 25.8 Å². The molecule has 0 saturated carbocycles. The smallest absolute Gasteiger partial charge is 0.149 e. The third-order valence-corrected chi connectivity index (χ3v) is 3.09. The molecule has 5 heteroatoms. The maximum absolute atomic E-state index is 6.04. The summed E-state index contributed by atoms with van der Waals surface area (Å²) in [4.78, 5) is 2.96. The molecule has 0 aliphatic carbocycles. The third kappa shape index (κ3) is 2.41. The van der Waals surface area contributed by atoms with E-state index >= 15 is 0 Å². The van der Waals surface area contributed by atoms with Crippen LogP contribution in [0.25, 0.3) is 0 Å². The summed E-state index contributed by atoms with van der Waals surface area (Å²) in [6.07, 6.45) is 1.71. The first-order valence-electron chi connectivity index (χ1n) is 4.91. The largest absolute Gasteiger partial charge is 0.360 e. The van der Waals surface area contributed by atoms with Crippen molar-refractivity contribution in [3.8, 4) is 11.8 Å². The number of nitrogens with one attached hydrogen (secondary N) is 1. The van der Waals surface area contributed by atoms with Crippen LogP contribution in [-0.4, -0.2) is 10.1 Å². The Labute approximate surface area is 109 Å². The highest BCUT2D eigenvalue weighted by molar-refractivity contribution is 7.71. The SMILES string of the molecule is Cc1noc(C)c1C#Cc1[nH]ccc(=S)c1Cl. The molecule has 0 fully saturated rings. The molecule has 2 aromatic rings. The number of nitrogens with zero attached hydrogens (tertiary/aromatic N) is 1. The molecule has 0 amide bonds. The molecule has 3 nitrogen and oxygen atoms in total. The van der Waals surface area contributed by atoms with Gasteiger partial charge in [-0.15, -0.1) is 0 Å². The van der Waals surface area contributed by atoms with Gasteiger partial charge in [-0.1, -0.05) is 34.9 Å². The fourth-order valence-corrected chi connectivity index (χ4v) is 1.67. The second-order valence-electron chi connectivity index (χ2n) is 3.48. The van der Waals surface area contributed by atoms with Gasteiger partial charge in [0.05, 0.1) is 20.8 Å². The molecule has 0 radical (unpaired) electrons. The highest BCUT2D eigenvalue weighted by Crippen LogP contribution is 2.15. The molecular weight excluding hydrogens is 256 g/mol. The monoisotopic (exact) mass is 264 g/mol. The average Bonchev–Trinajstić information content (AvgIpc) is 2.62. The quantitative estimate of drug-likeness (QED) is 0.586. The maximum atomic E-state index is 6.04. The van der Waals surface area contributed by atoms with E-state index in [4.69, 9.17) is 28.3 Å². The second kappa shape index (κ2) is 4.74. The fourth-order valence-electron chi connectivity index (χ4n) is 1.34. The number of halogens is 1. The average molecular weight is 265 g/mol. The van der Waals surface area contributed by atoms with E-state index < -0.39 is 0 Å². The van der Waals surface area contributed by atoms with Gasteiger partial charge in [-0.25, -0.2) is 0 Å². The molecule has 0 aliphatic heterocycles. The summed E-state index contributed by atoms with van der Waals surface area (Å²) in [6.45, 7) is 3.66. The summed E-state index contributed by atoms with van der Waals surface area (Å²) < 4.78 is 5.60. The zero-order valence-electron chi connectivity index (χ0n) is 9.30. The summed E-state index contributed by atoms with van der Waals surface area (Å²) >= 11 is 11.1. The Balaban J connectivity index is 2.47. The zero-order valence-corrected chi connectivity index (χ0v) is 10.9. The van der Waals surface area contributed by atoms with Crippen LogP contribution in [0.1, 0.15) is 22.7 Å². The van der Waals surface area contributed by atoms with E-state index in [0.29, 0.717) is 21.0 Å². The minimum absolute atomic E-state index is 0.460. The number of H-pyrrole nitrogens is 1. The lowest BCUT2D eigenvalue weighted by atomic mass is 10.2. The number of aromatic nitrogens is 2. The van der Waals surface area contributed by atoms with E-state index in [1.54, 1.807) is 12.3 Å². The van der Waals surface area contributed by atoms with Gasteiger partial charge in [-0.3, -0.25) is 0 Å². The van der Waals surface area contributed by atoms with E-state index in [1.165, 1.54) is 0 Å². The van der Waals surface area contributed by atoms with Crippen LogP contribution in [-0.2, 0) is 0 Å². The summed E-state index contributed by atoms with van der Waals surface area (Å²) in [5.41, 5.74) is 2.14. The van der Waals surface area contributed by atoms with Gasteiger partial charge >= 0.3 is 0 Å². The fraction of sp³-hybridized carbons (Fsp3) is 0.167. The number of aryl methyl sites for hydroxylation is 2. The van der Waals surface area contributed by atoms with Crippen molar-refractivity contribution in [2.75, 3.05) is 0 Å². The highest BCUT2D eigenvalue weighted by atomic mass is 35.5. The first-order chi connectivity index (χ1) is 8.09. The Morgan fingerprint density at radius 3 is 2.82 bits per heavy atom. The molecule has 2 heterocycles. The summed E-state index contributed by atoms with van der Waals surface area (Å²) in [7, 11) is 0. The van der Waals surface area contributed by atoms with Crippen LogP contribution < -0.4 is 0 Å². The van der Waals surface area contributed by atoms with Gasteiger partial charge in [0.25, 0.3) is 0 Å². The van der Waals surface area contributed by atoms with Gasteiger partial charge < -0.3 is 9.51 Å². The van der Waals surface area contributed by atoms with Crippen LogP contribution in [0.5, 0.6) is 0 Å². The first-order valence-corrected chi connectivity index (χ1v) is 5.70. The van der Waals surface area contributed by atoms with Gasteiger partial charge in [0.2, 0.25) is 0 Å². The minimum Gasteiger partial charge on any atom is -0.360 e. The van der Waals surface area contributed by atoms with E-state index in [2.05, 4.69) is 22.0 Å². The molecule has 0 saturated heterocycles. The molecular formula is C12H9ClN2OS. The first kappa shape index (κ1) is 11.9. The number of aromatic amines is 1. The molecule has 2 rings (SSSR count). The molecule has 86 valence electrons. The molecule has 0 bridgehead atoms. The van der Waals surface area contributed by atoms with E-state index in [1.807, 2.05) is 13.8 Å². The lowest BCUT2D eigenvalue weighted by molar-refractivity contribution is 0.393. The third-order valence-electron chi connectivity index (χ3n) is 2.24. The van der Waals surface area contributed by atoms with Crippen molar-refractivity contribution in [3.63, 3.8) is 0 Å². The van der Waals surface area contributed by atoms with Crippen LogP contribution in [0, 0.1) is 30.2 Å². The molecule has 0 aromatic carbocycles. The van der Waals surface area contributed by atoms with Crippen LogP contribution in [0.2, 0.25) is 5.02 Å². The molecule has 0 unspecified atom stereocenters. The number of pyridine rings is 1. The van der Waals surface area contributed by atoms with E-state index in [0.717, 1.165) is 11.3 Å². The number of hydrogen-bond donors (Lipinski definition) is 1. The van der Waals surface area contributed by atoms with Crippen molar-refractivity contribution >= 4 is 23.8 Å². The summed E-state index contributed by atoms with van der Waals surface area (Å²) in [5, 5.41) is 4.29. The predicted octanol–water partition coefficient (Wildman–Crippen LogP) is 3.40. The van der Waals surface area contributed by atoms with Crippen molar-refractivity contribution in [3.05, 3.63) is 44.5 Å². The molecule has 0 aliphatic rings. The Morgan fingerprint density at radius 1 is 1.41 bits per heavy atom. The minimum atomic E-state index is 0.460. The highest BCUT2D eigenvalue weighted by Gasteiger charge is 2.05. The number of rotatable bonds is 0. The topological polar surface area (TPSA) is 41.8 Å². The van der Waals surface area contributed by atoms with Gasteiger partial charge in [0.1, 0.15) is 11.5 Å². The Kier molecular flexibility index (Phi) is 3.32. The lowest BCUT2D eigenvalue weighted by Gasteiger charge is -1.94. The lowest BCUT2D eigenvalue weighted by Crippen LogP contribution is -1.85. The van der Waals surface area contributed by atoms with Crippen LogP contribution in [0.15, 0.2) is 16.8 Å². The van der Waals surface area contributed by atoms with E-state index in [9.17, 15) is 0 Å². The molecule has 2 aromatic heterocycles. The van der Waals surface area contributed by atoms with Gasteiger partial charge in [0, 0.05) is 6.20 Å². The second-order valence-corrected chi connectivity index (χ2v) is 4.30.